The van der Waals surface area contributed by atoms with Crippen LogP contribution < -0.4 is 0 Å². The van der Waals surface area contributed by atoms with Crippen molar-refractivity contribution in [2.75, 3.05) is 39.6 Å². The minimum Gasteiger partial charge on any atom is -0.462 e. The fourth-order valence-electron chi connectivity index (χ4n) is 12.8. The molecule has 0 aliphatic carbocycles. The van der Waals surface area contributed by atoms with Crippen LogP contribution in [-0.4, -0.2) is 96.7 Å². The van der Waals surface area contributed by atoms with Gasteiger partial charge in [0.25, 0.3) is 0 Å². The zero-order valence-corrected chi connectivity index (χ0v) is 67.8. The molecule has 0 rings (SSSR count). The Morgan fingerprint density at radius 1 is 0.267 bits per heavy atom. The number of unbranched alkanes of at least 4 members (excludes halogenated alkanes) is 54. The lowest BCUT2D eigenvalue weighted by Crippen LogP contribution is -2.30. The van der Waals surface area contributed by atoms with Crippen molar-refractivity contribution >= 4 is 39.5 Å². The number of hydrogen-bond acceptors (Lipinski definition) is 15. The summed E-state index contributed by atoms with van der Waals surface area (Å²) in [4.78, 5) is 72.8. The van der Waals surface area contributed by atoms with Crippen molar-refractivity contribution in [3.63, 3.8) is 0 Å². The van der Waals surface area contributed by atoms with E-state index in [1.807, 2.05) is 0 Å². The van der Waals surface area contributed by atoms with E-state index < -0.39 is 97.5 Å². The summed E-state index contributed by atoms with van der Waals surface area (Å²) in [5.74, 6) is -1.42. The van der Waals surface area contributed by atoms with E-state index >= 15 is 0 Å². The number of aliphatic hydroxyl groups excluding tert-OH is 1. The molecule has 0 aromatic rings. The molecule has 0 fully saturated rings. The summed E-state index contributed by atoms with van der Waals surface area (Å²) in [6, 6.07) is 0. The topological polar surface area (TPSA) is 237 Å². The van der Waals surface area contributed by atoms with Crippen LogP contribution in [0.1, 0.15) is 439 Å². The Morgan fingerprint density at radius 3 is 0.673 bits per heavy atom. The lowest BCUT2D eigenvalue weighted by atomic mass is 10.0. The van der Waals surface area contributed by atoms with E-state index in [0.717, 1.165) is 96.3 Å². The number of ether oxygens (including phenoxy) is 4. The van der Waals surface area contributed by atoms with Crippen LogP contribution in [0.4, 0.5) is 0 Å². The van der Waals surface area contributed by atoms with E-state index in [9.17, 15) is 43.2 Å². The number of hydrogen-bond donors (Lipinski definition) is 3. The molecule has 0 aromatic carbocycles. The average molecular weight is 1480 g/mol. The normalized spacial score (nSPS) is 13.8. The highest BCUT2D eigenvalue weighted by Gasteiger charge is 2.30. The fraction of sp³-hybridized carbons (Fsp3) is 0.951. The van der Waals surface area contributed by atoms with Gasteiger partial charge in [-0.3, -0.25) is 37.3 Å². The van der Waals surface area contributed by atoms with Gasteiger partial charge in [-0.05, 0) is 31.6 Å². The second-order valence-electron chi connectivity index (χ2n) is 30.0. The summed E-state index contributed by atoms with van der Waals surface area (Å²) in [7, 11) is -9.91. The number of carbonyl (C=O) groups excluding carboxylic acids is 4. The summed E-state index contributed by atoms with van der Waals surface area (Å²) >= 11 is 0. The third kappa shape index (κ3) is 76.1. The van der Waals surface area contributed by atoms with Crippen LogP contribution in [0.5, 0.6) is 0 Å². The van der Waals surface area contributed by atoms with Crippen molar-refractivity contribution in [2.45, 2.75) is 457 Å². The van der Waals surface area contributed by atoms with Crippen LogP contribution in [0.25, 0.3) is 0 Å². The highest BCUT2D eigenvalue weighted by Crippen LogP contribution is 2.45. The SMILES string of the molecule is CCCCCCCCCCCCCCCCCCCCCCCCC(=O)O[C@H](COC(=O)CCCCCCCCCCCCCCCCCCCCCCC)COP(=O)(O)OC[C@@H](O)COP(=O)(O)OC[C@@H](COC(=O)CCCCCCCCCC)OC(=O)CCCCCCCCCC(C)C. The predicted molar refractivity (Wildman–Crippen MR) is 414 cm³/mol. The van der Waals surface area contributed by atoms with Gasteiger partial charge in [-0.1, -0.05) is 388 Å². The molecule has 0 radical (unpaired) electrons. The van der Waals surface area contributed by atoms with Crippen molar-refractivity contribution < 1.29 is 80.2 Å². The molecule has 0 aliphatic heterocycles. The molecule has 0 saturated heterocycles. The van der Waals surface area contributed by atoms with Gasteiger partial charge < -0.3 is 33.8 Å². The number of esters is 4. The number of rotatable bonds is 82. The van der Waals surface area contributed by atoms with Crippen molar-refractivity contribution in [1.82, 2.24) is 0 Å². The van der Waals surface area contributed by atoms with E-state index in [4.69, 9.17) is 37.0 Å². The molecule has 19 heteroatoms. The Bertz CT molecular complexity index is 1930. The summed E-state index contributed by atoms with van der Waals surface area (Å²) in [5, 5.41) is 10.6. The Labute approximate surface area is 619 Å². The third-order valence-electron chi connectivity index (χ3n) is 19.3. The van der Waals surface area contributed by atoms with Gasteiger partial charge in [0.2, 0.25) is 0 Å². The van der Waals surface area contributed by atoms with Crippen LogP contribution >= 0.6 is 15.6 Å². The molecule has 0 heterocycles. The number of phosphoric ester groups is 2. The van der Waals surface area contributed by atoms with Gasteiger partial charge in [0.05, 0.1) is 26.4 Å². The summed E-state index contributed by atoms with van der Waals surface area (Å²) < 4.78 is 68.6. The minimum atomic E-state index is -4.96. The molecule has 17 nitrogen and oxygen atoms in total. The molecule has 2 unspecified atom stereocenters. The van der Waals surface area contributed by atoms with Crippen LogP contribution in [-0.2, 0) is 65.4 Å². The minimum absolute atomic E-state index is 0.104. The standard InChI is InChI=1S/C82H160O17P2/c1-6-9-12-15-18-21-23-25-27-29-31-33-35-37-39-41-43-45-47-52-57-62-67-81(86)98-77(72-93-80(85)66-61-56-51-46-44-42-40-38-36-34-32-30-28-26-24-22-19-16-13-10-7-2)73-96-100(88,89)94-69-76(83)70-95-101(90,91)97-74-78(71-92-79(84)65-60-55-50-20-17-14-11-8-3)99-82(87)68-63-58-53-48-49-54-59-64-75(4)5/h75-78,83H,6-74H2,1-5H3,(H,88,89)(H,90,91)/t76-,77-,78-/m1/s1. The zero-order chi connectivity index (χ0) is 74.1. The summed E-state index contributed by atoms with van der Waals surface area (Å²) in [5.41, 5.74) is 0. The highest BCUT2D eigenvalue weighted by atomic mass is 31.2. The van der Waals surface area contributed by atoms with Crippen molar-refractivity contribution in [2.24, 2.45) is 5.92 Å². The predicted octanol–water partition coefficient (Wildman–Crippen LogP) is 24.8. The van der Waals surface area contributed by atoms with E-state index in [-0.39, 0.29) is 25.7 Å². The second kappa shape index (κ2) is 74.9. The van der Waals surface area contributed by atoms with Gasteiger partial charge >= 0.3 is 39.5 Å². The summed E-state index contributed by atoms with van der Waals surface area (Å²) in [6.07, 6.45) is 67.2. The molecule has 0 aromatic heterocycles. The Hall–Kier alpha value is -1.94. The molecular weight excluding hydrogens is 1320 g/mol. The molecule has 5 atom stereocenters. The number of carbonyl (C=O) groups is 4. The average Bonchev–Trinajstić information content (AvgIpc) is 0.920. The van der Waals surface area contributed by atoms with Gasteiger partial charge in [-0.25, -0.2) is 9.13 Å². The lowest BCUT2D eigenvalue weighted by molar-refractivity contribution is -0.161. The Kier molecular flexibility index (Phi) is 73.5. The second-order valence-corrected chi connectivity index (χ2v) is 32.9. The maximum Gasteiger partial charge on any atom is 0.472 e. The first kappa shape index (κ1) is 99.1. The molecule has 0 spiro atoms. The van der Waals surface area contributed by atoms with Crippen LogP contribution in [0, 0.1) is 5.92 Å². The number of phosphoric acid groups is 2. The monoisotopic (exact) mass is 1480 g/mol. The van der Waals surface area contributed by atoms with Gasteiger partial charge in [0.15, 0.2) is 12.2 Å². The maximum absolute atomic E-state index is 13.1. The zero-order valence-electron chi connectivity index (χ0n) is 66.1. The molecule has 0 amide bonds. The van der Waals surface area contributed by atoms with Gasteiger partial charge in [0.1, 0.15) is 19.3 Å². The van der Waals surface area contributed by atoms with Crippen molar-refractivity contribution in [3.05, 3.63) is 0 Å². The molecular formula is C82H160O17P2. The van der Waals surface area contributed by atoms with E-state index in [2.05, 4.69) is 34.6 Å². The van der Waals surface area contributed by atoms with Gasteiger partial charge in [-0.2, -0.15) is 0 Å². The molecule has 0 bridgehead atoms. The first-order chi connectivity index (χ1) is 49.0. The quantitative estimate of drug-likeness (QED) is 0.0222. The van der Waals surface area contributed by atoms with Crippen molar-refractivity contribution in [3.8, 4) is 0 Å². The Morgan fingerprint density at radius 2 is 0.455 bits per heavy atom. The van der Waals surface area contributed by atoms with Gasteiger partial charge in [-0.15, -0.1) is 0 Å². The third-order valence-corrected chi connectivity index (χ3v) is 21.2. The van der Waals surface area contributed by atoms with Gasteiger partial charge in [0, 0.05) is 25.7 Å². The molecule has 0 aliphatic rings. The maximum atomic E-state index is 13.1. The smallest absolute Gasteiger partial charge is 0.462 e. The Balaban J connectivity index is 5.13. The lowest BCUT2D eigenvalue weighted by Gasteiger charge is -2.21. The largest absolute Gasteiger partial charge is 0.472 e. The van der Waals surface area contributed by atoms with E-state index in [0.29, 0.717) is 31.6 Å². The molecule has 101 heavy (non-hydrogen) atoms. The molecule has 0 saturated carbocycles. The van der Waals surface area contributed by atoms with Crippen LogP contribution in [0.2, 0.25) is 0 Å². The van der Waals surface area contributed by atoms with Crippen LogP contribution in [0.3, 0.4) is 0 Å². The van der Waals surface area contributed by atoms with Crippen molar-refractivity contribution in [1.29, 1.82) is 0 Å². The van der Waals surface area contributed by atoms with Crippen LogP contribution in [0.15, 0.2) is 0 Å². The highest BCUT2D eigenvalue weighted by molar-refractivity contribution is 7.47. The first-order valence-corrected chi connectivity index (χ1v) is 45.6. The fourth-order valence-corrected chi connectivity index (χ4v) is 14.3. The molecule has 600 valence electrons. The molecule has 3 N–H and O–H groups in total. The van der Waals surface area contributed by atoms with E-state index in [1.165, 1.54) is 257 Å². The first-order valence-electron chi connectivity index (χ1n) is 42.6. The number of aliphatic hydroxyl groups is 1. The van der Waals surface area contributed by atoms with E-state index in [1.54, 1.807) is 0 Å². The summed E-state index contributed by atoms with van der Waals surface area (Å²) in [6.45, 7) is 7.22.